The third-order valence-corrected chi connectivity index (χ3v) is 16.7. The summed E-state index contributed by atoms with van der Waals surface area (Å²) in [7, 11) is 0. The monoisotopic (exact) mass is 1010 g/mol. The largest absolute Gasteiger partial charge is 0.472 e. The summed E-state index contributed by atoms with van der Waals surface area (Å²) in [4.78, 5) is 15.9. The second-order valence-corrected chi connectivity index (χ2v) is 21.7. The molecule has 362 valence electrons. The van der Waals surface area contributed by atoms with E-state index in [1.807, 2.05) is 48.6 Å². The lowest BCUT2D eigenvalue weighted by Gasteiger charge is -2.39. The molecule has 71 heavy (non-hydrogen) atoms. The van der Waals surface area contributed by atoms with Crippen molar-refractivity contribution in [1.82, 2.24) is 0 Å². The lowest BCUT2D eigenvalue weighted by molar-refractivity contribution is 0.0734. The Kier molecular flexibility index (Phi) is 12.7. The zero-order valence-corrected chi connectivity index (χ0v) is 42.3. The number of hydrogen-bond acceptors (Lipinski definition) is 4. The quantitative estimate of drug-likeness (QED) is 0.0735. The third-order valence-electron chi connectivity index (χ3n) is 16.0. The Balaban J connectivity index is 0.912. The molecule has 0 bridgehead atoms. The first-order chi connectivity index (χ1) is 34.4. The molecule has 0 radical (unpaired) electrons. The highest BCUT2D eigenvalue weighted by molar-refractivity contribution is 9.10. The van der Waals surface area contributed by atoms with Gasteiger partial charge >= 0.3 is 5.97 Å². The van der Waals surface area contributed by atoms with Gasteiger partial charge in [0, 0.05) is 51.4 Å². The summed E-state index contributed by atoms with van der Waals surface area (Å²) >= 11 is 3.95. The highest BCUT2D eigenvalue weighted by atomic mass is 79.9. The number of hydrogen-bond donors (Lipinski definition) is 0. The molecule has 2 fully saturated rings. The average Bonchev–Trinajstić information content (AvgIpc) is 3.63. The van der Waals surface area contributed by atoms with Crippen LogP contribution in [0, 0.1) is 23.4 Å². The minimum atomic E-state index is -1.26. The molecule has 2 aliphatic heterocycles. The molecule has 11 rings (SSSR count). The summed E-state index contributed by atoms with van der Waals surface area (Å²) in [5, 5.41) is 0.566. The number of carbonyl (C=O) groups is 1. The maximum Gasteiger partial charge on any atom is 0.343 e. The molecule has 4 aliphatic rings. The Morgan fingerprint density at radius 2 is 1.44 bits per heavy atom. The van der Waals surface area contributed by atoms with Gasteiger partial charge in [0.05, 0.1) is 10.9 Å². The van der Waals surface area contributed by atoms with Gasteiger partial charge in [-0.1, -0.05) is 117 Å². The topological polar surface area (TPSA) is 38.8 Å². The first kappa shape index (κ1) is 47.2. The van der Waals surface area contributed by atoms with Crippen LogP contribution < -0.4 is 14.4 Å². The Morgan fingerprint density at radius 1 is 0.746 bits per heavy atom. The van der Waals surface area contributed by atoms with Crippen molar-refractivity contribution in [2.24, 2.45) is 5.92 Å². The molecule has 2 heterocycles. The van der Waals surface area contributed by atoms with Crippen LogP contribution in [0.5, 0.6) is 11.5 Å². The van der Waals surface area contributed by atoms with E-state index in [2.05, 4.69) is 78.0 Å². The number of fused-ring (bicyclic) bond motifs is 8. The van der Waals surface area contributed by atoms with Gasteiger partial charge in [-0.05, 0) is 174 Å². The zero-order chi connectivity index (χ0) is 49.0. The molecule has 1 saturated heterocycles. The number of nitrogens with zero attached hydrogens (tertiary/aromatic N) is 1. The van der Waals surface area contributed by atoms with Crippen molar-refractivity contribution < 1.29 is 27.4 Å². The van der Waals surface area contributed by atoms with Crippen molar-refractivity contribution in [3.8, 4) is 33.8 Å². The van der Waals surface area contributed by atoms with Gasteiger partial charge in [0.1, 0.15) is 29.0 Å². The fourth-order valence-electron chi connectivity index (χ4n) is 12.3. The van der Waals surface area contributed by atoms with E-state index >= 15 is 8.78 Å². The van der Waals surface area contributed by atoms with Crippen molar-refractivity contribution in [1.29, 1.82) is 0 Å². The third kappa shape index (κ3) is 8.68. The fraction of sp³-hybridized carbons (Fsp3) is 0.317. The van der Waals surface area contributed by atoms with Crippen molar-refractivity contribution in [2.45, 2.75) is 108 Å². The van der Waals surface area contributed by atoms with Crippen molar-refractivity contribution >= 4 is 44.4 Å². The molecule has 0 amide bonds. The van der Waals surface area contributed by atoms with Gasteiger partial charge in [0.2, 0.25) is 0 Å². The van der Waals surface area contributed by atoms with Crippen LogP contribution in [0.3, 0.4) is 0 Å². The van der Waals surface area contributed by atoms with Crippen LogP contribution in [-0.2, 0) is 11.0 Å². The van der Waals surface area contributed by atoms with Crippen LogP contribution in [0.2, 0.25) is 0 Å². The molecule has 1 atom stereocenters. The summed E-state index contributed by atoms with van der Waals surface area (Å²) in [5.74, 6) is -0.0238. The van der Waals surface area contributed by atoms with Gasteiger partial charge in [0.15, 0.2) is 5.60 Å². The van der Waals surface area contributed by atoms with Crippen LogP contribution >= 0.6 is 15.9 Å². The molecule has 4 nitrogen and oxygen atoms in total. The molecule has 0 aromatic heterocycles. The maximum atomic E-state index is 16.8. The lowest BCUT2D eigenvalue weighted by Crippen LogP contribution is -2.35. The fourth-order valence-corrected chi connectivity index (χ4v) is 13.3. The van der Waals surface area contributed by atoms with E-state index in [4.69, 9.17) is 9.47 Å². The molecule has 1 unspecified atom stereocenters. The number of ether oxygens (including phenoxy) is 2. The number of carbonyl (C=O) groups excluding carboxylic acids is 1. The number of rotatable bonds is 11. The minimum Gasteiger partial charge on any atom is -0.472 e. The average molecular weight is 1020 g/mol. The van der Waals surface area contributed by atoms with Gasteiger partial charge in [-0.2, -0.15) is 0 Å². The summed E-state index contributed by atoms with van der Waals surface area (Å²) in [6.45, 7) is 8.52. The molecule has 8 heteroatoms. The highest BCUT2D eigenvalue weighted by Gasteiger charge is 2.46. The predicted octanol–water partition coefficient (Wildman–Crippen LogP) is 17.4. The molecular formula is C63H59BrF3NO3. The Bertz CT molecular complexity index is 3170. The minimum absolute atomic E-state index is 0.170. The van der Waals surface area contributed by atoms with Crippen molar-refractivity contribution in [3.05, 3.63) is 188 Å². The van der Waals surface area contributed by atoms with Gasteiger partial charge in [-0.3, -0.25) is 0 Å². The number of halogens is 4. The van der Waals surface area contributed by atoms with Crippen LogP contribution in [0.15, 0.2) is 132 Å². The van der Waals surface area contributed by atoms with E-state index in [0.717, 1.165) is 87.0 Å². The summed E-state index contributed by atoms with van der Waals surface area (Å²) in [6, 6.07) is 36.4. The molecule has 2 aliphatic carbocycles. The smallest absolute Gasteiger partial charge is 0.343 e. The summed E-state index contributed by atoms with van der Waals surface area (Å²) < 4.78 is 61.0. The Hall–Kier alpha value is -6.12. The summed E-state index contributed by atoms with van der Waals surface area (Å²) in [6.07, 6.45) is 17.8. The molecule has 7 aromatic carbocycles. The number of unbranched alkanes of at least 4 members (excludes halogenated alkanes) is 2. The number of esters is 1. The van der Waals surface area contributed by atoms with E-state index in [1.165, 1.54) is 81.5 Å². The van der Waals surface area contributed by atoms with Gasteiger partial charge in [-0.15, -0.1) is 0 Å². The number of benzene rings is 7. The predicted molar refractivity (Wildman–Crippen MR) is 284 cm³/mol. The maximum absolute atomic E-state index is 16.8. The molecule has 0 spiro atoms. The van der Waals surface area contributed by atoms with Gasteiger partial charge in [-0.25, -0.2) is 18.0 Å². The zero-order valence-electron chi connectivity index (χ0n) is 40.7. The SMILES string of the molecule is CCCCC[C@H]1CC[C@H](c2ccc(OC(=O)c3ccc(-c4cc(Br)c5c(c4)-c4c(c6c(c7c(F)cc(F)cc47)OC(c4ccc(F)cc4)(c4ccc(N7CCCCC7)cc4)C=C6)C5(C)C)cc3)cc2)CC1. The molecule has 1 saturated carbocycles. The number of anilines is 1. The van der Waals surface area contributed by atoms with E-state index in [1.54, 1.807) is 24.3 Å². The first-order valence-electron chi connectivity index (χ1n) is 25.7. The van der Waals surface area contributed by atoms with Crippen molar-refractivity contribution in [2.75, 3.05) is 18.0 Å². The Labute approximate surface area is 424 Å². The highest BCUT2D eigenvalue weighted by Crippen LogP contribution is 2.60. The lowest BCUT2D eigenvalue weighted by atomic mass is 9.76. The first-order valence-corrected chi connectivity index (χ1v) is 26.5. The van der Waals surface area contributed by atoms with Crippen LogP contribution in [0.25, 0.3) is 39.1 Å². The van der Waals surface area contributed by atoms with E-state index in [9.17, 15) is 9.18 Å². The molecular weight excluding hydrogens is 956 g/mol. The van der Waals surface area contributed by atoms with Crippen molar-refractivity contribution in [3.63, 3.8) is 0 Å². The number of piperidine rings is 1. The second kappa shape index (κ2) is 19.1. The Morgan fingerprint density at radius 3 is 2.13 bits per heavy atom. The van der Waals surface area contributed by atoms with Gasteiger partial charge < -0.3 is 14.4 Å². The van der Waals surface area contributed by atoms with E-state index in [0.29, 0.717) is 39.5 Å². The van der Waals surface area contributed by atoms with Crippen LogP contribution in [0.1, 0.15) is 141 Å². The van der Waals surface area contributed by atoms with E-state index < -0.39 is 28.6 Å². The van der Waals surface area contributed by atoms with Crippen LogP contribution in [0.4, 0.5) is 18.9 Å². The molecule has 7 aromatic rings. The molecule has 0 N–H and O–H groups in total. The van der Waals surface area contributed by atoms with E-state index in [-0.39, 0.29) is 11.2 Å². The second-order valence-electron chi connectivity index (χ2n) is 20.8. The standard InChI is InChI=1S/C63H59BrF3NO3/c1-4-5-7-10-39-11-13-40(14-12-39)41-19-29-50(30-20-41)70-61(69)43-17-15-42(16-18-43)44-35-53-56-52-37-48(66)38-55(67)57(52)60-51(59(56)62(2,3)58(53)54(64)36-44)31-32-63(71-60,45-21-25-47(65)26-22-45)46-23-27-49(28-24-46)68-33-8-6-9-34-68/h15-32,35-40H,4-14,33-34H2,1-3H3/t39-,40-,63?. The van der Waals surface area contributed by atoms with Gasteiger partial charge in [0.25, 0.3) is 0 Å². The normalized spacial score (nSPS) is 20.0. The summed E-state index contributed by atoms with van der Waals surface area (Å²) in [5.41, 5.74) is 8.28. The van der Waals surface area contributed by atoms with Crippen LogP contribution in [-0.4, -0.2) is 19.1 Å².